The topological polar surface area (TPSA) is 55.8 Å². The first-order valence-corrected chi connectivity index (χ1v) is 6.67. The van der Waals surface area contributed by atoms with Crippen molar-refractivity contribution >= 4 is 5.97 Å². The third-order valence-electron chi connectivity index (χ3n) is 3.12. The Kier molecular flexibility index (Phi) is 4.82. The average molecular weight is 286 g/mol. The van der Waals surface area contributed by atoms with E-state index in [1.54, 1.807) is 31.4 Å². The van der Waals surface area contributed by atoms with Crippen molar-refractivity contribution in [3.63, 3.8) is 0 Å². The number of hydrogen-bond acceptors (Lipinski definition) is 3. The molecular weight excluding hydrogens is 268 g/mol. The molecule has 1 unspecified atom stereocenters. The lowest BCUT2D eigenvalue weighted by atomic mass is 10.1. The van der Waals surface area contributed by atoms with Crippen LogP contribution in [-0.2, 0) is 11.2 Å². The lowest BCUT2D eigenvalue weighted by Gasteiger charge is -2.15. The van der Waals surface area contributed by atoms with Gasteiger partial charge in [-0.15, -0.1) is 0 Å². The molecule has 0 aliphatic heterocycles. The van der Waals surface area contributed by atoms with Crippen LogP contribution in [0.1, 0.15) is 11.1 Å². The van der Waals surface area contributed by atoms with E-state index in [4.69, 9.17) is 9.47 Å². The lowest BCUT2D eigenvalue weighted by Crippen LogP contribution is -2.29. The van der Waals surface area contributed by atoms with Gasteiger partial charge in [0.05, 0.1) is 7.11 Å². The Balaban J connectivity index is 2.10. The first-order valence-electron chi connectivity index (χ1n) is 6.67. The molecule has 0 saturated carbocycles. The highest BCUT2D eigenvalue weighted by Crippen LogP contribution is 2.19. The van der Waals surface area contributed by atoms with E-state index in [-0.39, 0.29) is 0 Å². The SMILES string of the molecule is COc1ccc(OC(Cc2cccc(C)c2)C(=O)O)cc1. The third-order valence-corrected chi connectivity index (χ3v) is 3.12. The fourth-order valence-electron chi connectivity index (χ4n) is 2.05. The van der Waals surface area contributed by atoms with Crippen molar-refractivity contribution in [2.45, 2.75) is 19.4 Å². The van der Waals surface area contributed by atoms with E-state index in [0.29, 0.717) is 17.9 Å². The number of carbonyl (C=O) groups is 1. The zero-order valence-electron chi connectivity index (χ0n) is 12.1. The van der Waals surface area contributed by atoms with Gasteiger partial charge in [-0.1, -0.05) is 29.8 Å². The van der Waals surface area contributed by atoms with Crippen LogP contribution in [0.4, 0.5) is 0 Å². The zero-order valence-corrected chi connectivity index (χ0v) is 12.1. The van der Waals surface area contributed by atoms with Gasteiger partial charge in [0.25, 0.3) is 0 Å². The van der Waals surface area contributed by atoms with Crippen LogP contribution in [0.25, 0.3) is 0 Å². The van der Waals surface area contributed by atoms with E-state index in [1.807, 2.05) is 31.2 Å². The molecule has 0 amide bonds. The van der Waals surface area contributed by atoms with Crippen LogP contribution in [0, 0.1) is 6.92 Å². The predicted octanol–water partition coefficient (Wildman–Crippen LogP) is 3.08. The number of benzene rings is 2. The van der Waals surface area contributed by atoms with Gasteiger partial charge in [0, 0.05) is 6.42 Å². The lowest BCUT2D eigenvalue weighted by molar-refractivity contribution is -0.145. The summed E-state index contributed by atoms with van der Waals surface area (Å²) in [7, 11) is 1.58. The molecule has 4 nitrogen and oxygen atoms in total. The van der Waals surface area contributed by atoms with Gasteiger partial charge in [-0.3, -0.25) is 0 Å². The van der Waals surface area contributed by atoms with Crippen LogP contribution in [0.15, 0.2) is 48.5 Å². The van der Waals surface area contributed by atoms with Gasteiger partial charge in [-0.05, 0) is 36.8 Å². The smallest absolute Gasteiger partial charge is 0.345 e. The molecule has 0 bridgehead atoms. The molecule has 1 N–H and O–H groups in total. The molecule has 0 aliphatic carbocycles. The summed E-state index contributed by atoms with van der Waals surface area (Å²) in [6.07, 6.45) is -0.594. The Morgan fingerprint density at radius 3 is 2.38 bits per heavy atom. The Morgan fingerprint density at radius 2 is 1.81 bits per heavy atom. The average Bonchev–Trinajstić information content (AvgIpc) is 2.47. The molecule has 2 aromatic carbocycles. The van der Waals surface area contributed by atoms with Crippen molar-refractivity contribution in [3.05, 3.63) is 59.7 Å². The monoisotopic (exact) mass is 286 g/mol. The Hall–Kier alpha value is -2.49. The second kappa shape index (κ2) is 6.79. The third kappa shape index (κ3) is 4.24. The number of hydrogen-bond donors (Lipinski definition) is 1. The van der Waals surface area contributed by atoms with E-state index < -0.39 is 12.1 Å². The molecule has 4 heteroatoms. The molecule has 0 spiro atoms. The molecular formula is C17H18O4. The summed E-state index contributed by atoms with van der Waals surface area (Å²) in [6, 6.07) is 14.6. The molecule has 0 aromatic heterocycles. The second-order valence-corrected chi connectivity index (χ2v) is 4.81. The predicted molar refractivity (Wildman–Crippen MR) is 79.9 cm³/mol. The highest BCUT2D eigenvalue weighted by molar-refractivity contribution is 5.73. The standard InChI is InChI=1S/C17H18O4/c1-12-4-3-5-13(10-12)11-16(17(18)19)21-15-8-6-14(20-2)7-9-15/h3-10,16H,11H2,1-2H3,(H,18,19). The van der Waals surface area contributed by atoms with Crippen LogP contribution >= 0.6 is 0 Å². The summed E-state index contributed by atoms with van der Waals surface area (Å²) < 4.78 is 10.6. The van der Waals surface area contributed by atoms with Gasteiger partial charge in [-0.2, -0.15) is 0 Å². The Bertz CT molecular complexity index is 604. The van der Waals surface area contributed by atoms with Gasteiger partial charge in [0.15, 0.2) is 6.10 Å². The van der Waals surface area contributed by atoms with Crippen molar-refractivity contribution in [2.24, 2.45) is 0 Å². The van der Waals surface area contributed by atoms with Crippen LogP contribution in [0.5, 0.6) is 11.5 Å². The van der Waals surface area contributed by atoms with Crippen molar-refractivity contribution in [1.82, 2.24) is 0 Å². The number of aliphatic carboxylic acids is 1. The zero-order chi connectivity index (χ0) is 15.2. The van der Waals surface area contributed by atoms with Crippen LogP contribution < -0.4 is 9.47 Å². The maximum Gasteiger partial charge on any atom is 0.345 e. The summed E-state index contributed by atoms with van der Waals surface area (Å²) in [6.45, 7) is 1.98. The summed E-state index contributed by atoms with van der Waals surface area (Å²) >= 11 is 0. The molecule has 110 valence electrons. The van der Waals surface area contributed by atoms with Gasteiger partial charge in [-0.25, -0.2) is 4.79 Å². The molecule has 2 rings (SSSR count). The van der Waals surface area contributed by atoms with Crippen LogP contribution in [0.2, 0.25) is 0 Å². The first kappa shape index (κ1) is 14.9. The number of carboxylic acids is 1. The molecule has 0 aliphatic rings. The van der Waals surface area contributed by atoms with Crippen molar-refractivity contribution in [1.29, 1.82) is 0 Å². The molecule has 2 aromatic rings. The minimum Gasteiger partial charge on any atom is -0.497 e. The quantitative estimate of drug-likeness (QED) is 0.886. The van der Waals surface area contributed by atoms with E-state index >= 15 is 0 Å². The summed E-state index contributed by atoms with van der Waals surface area (Å²) in [5, 5.41) is 9.32. The van der Waals surface area contributed by atoms with Crippen molar-refractivity contribution in [3.8, 4) is 11.5 Å². The maximum absolute atomic E-state index is 11.4. The molecule has 0 fully saturated rings. The number of rotatable bonds is 6. The van der Waals surface area contributed by atoms with Gasteiger partial charge >= 0.3 is 5.97 Å². The van der Waals surface area contributed by atoms with E-state index in [9.17, 15) is 9.90 Å². The van der Waals surface area contributed by atoms with Gasteiger partial charge in [0.1, 0.15) is 11.5 Å². The molecule has 1 atom stereocenters. The number of ether oxygens (including phenoxy) is 2. The van der Waals surface area contributed by atoms with Crippen molar-refractivity contribution in [2.75, 3.05) is 7.11 Å². The number of methoxy groups -OCH3 is 1. The largest absolute Gasteiger partial charge is 0.497 e. The number of carboxylic acid groups (broad SMARTS) is 1. The first-order chi connectivity index (χ1) is 10.1. The summed E-state index contributed by atoms with van der Waals surface area (Å²) in [4.78, 5) is 11.4. The Labute approximate surface area is 123 Å². The van der Waals surface area contributed by atoms with Crippen LogP contribution in [0.3, 0.4) is 0 Å². The summed E-state index contributed by atoms with van der Waals surface area (Å²) in [5.74, 6) is 0.232. The fourth-order valence-corrected chi connectivity index (χ4v) is 2.05. The molecule has 0 radical (unpaired) electrons. The Morgan fingerprint density at radius 1 is 1.14 bits per heavy atom. The van der Waals surface area contributed by atoms with Crippen LogP contribution in [-0.4, -0.2) is 24.3 Å². The molecule has 0 saturated heterocycles. The molecule has 0 heterocycles. The van der Waals surface area contributed by atoms with E-state index in [0.717, 1.165) is 11.1 Å². The molecule has 21 heavy (non-hydrogen) atoms. The highest BCUT2D eigenvalue weighted by atomic mass is 16.5. The number of aryl methyl sites for hydroxylation is 1. The maximum atomic E-state index is 11.4. The minimum absolute atomic E-state index is 0.322. The highest BCUT2D eigenvalue weighted by Gasteiger charge is 2.20. The fraction of sp³-hybridized carbons (Fsp3) is 0.235. The van der Waals surface area contributed by atoms with Crippen molar-refractivity contribution < 1.29 is 19.4 Å². The van der Waals surface area contributed by atoms with Gasteiger partial charge in [0.2, 0.25) is 0 Å². The van der Waals surface area contributed by atoms with E-state index in [1.165, 1.54) is 0 Å². The normalized spacial score (nSPS) is 11.7. The minimum atomic E-state index is -0.979. The summed E-state index contributed by atoms with van der Waals surface area (Å²) in [5.41, 5.74) is 2.04. The van der Waals surface area contributed by atoms with Gasteiger partial charge < -0.3 is 14.6 Å². The van der Waals surface area contributed by atoms with E-state index in [2.05, 4.69) is 0 Å². The second-order valence-electron chi connectivity index (χ2n) is 4.81.